The molecule has 0 aliphatic rings. The Morgan fingerprint density at radius 1 is 1.12 bits per heavy atom. The first-order valence-corrected chi connectivity index (χ1v) is 10.4. The molecule has 0 aliphatic carbocycles. The Kier molecular flexibility index (Phi) is 8.56. The van der Waals surface area contributed by atoms with Gasteiger partial charge in [-0.3, -0.25) is 4.79 Å². The van der Waals surface area contributed by atoms with Crippen molar-refractivity contribution in [1.29, 1.82) is 0 Å². The van der Waals surface area contributed by atoms with Crippen molar-refractivity contribution in [2.75, 3.05) is 12.3 Å². The predicted octanol–water partition coefficient (Wildman–Crippen LogP) is 4.76. The van der Waals surface area contributed by atoms with Crippen LogP contribution >= 0.6 is 11.8 Å². The average molecular weight is 372 g/mol. The summed E-state index contributed by atoms with van der Waals surface area (Å²) in [7, 11) is 0. The Balaban J connectivity index is 1.70. The van der Waals surface area contributed by atoms with E-state index in [9.17, 15) is 4.79 Å². The molecule has 0 bridgehead atoms. The van der Waals surface area contributed by atoms with Gasteiger partial charge in [0.25, 0.3) is 5.91 Å². The first-order valence-electron chi connectivity index (χ1n) is 9.29. The second-order valence-electron chi connectivity index (χ2n) is 6.34. The number of rotatable bonds is 10. The first kappa shape index (κ1) is 20.4. The van der Waals surface area contributed by atoms with Crippen molar-refractivity contribution in [2.45, 2.75) is 45.5 Å². The Morgan fingerprint density at radius 3 is 2.54 bits per heavy atom. The molecule has 3 nitrogen and oxygen atoms in total. The average Bonchev–Trinajstić information content (AvgIpc) is 2.66. The van der Waals surface area contributed by atoms with Gasteiger partial charge in [-0.1, -0.05) is 55.8 Å². The molecule has 1 N–H and O–H groups in total. The molecule has 1 atom stereocenters. The third-order valence-corrected chi connectivity index (χ3v) is 5.20. The molecule has 0 spiro atoms. The molecule has 26 heavy (non-hydrogen) atoms. The summed E-state index contributed by atoms with van der Waals surface area (Å²) in [5.41, 5.74) is 3.87. The SMILES string of the molecule is CCc1ccc(OC(CC)C(=O)NCCSCc2cccc(C)c2)cc1. The molecule has 0 heterocycles. The van der Waals surface area contributed by atoms with Crippen molar-refractivity contribution >= 4 is 17.7 Å². The lowest BCUT2D eigenvalue weighted by atomic mass is 10.2. The highest BCUT2D eigenvalue weighted by Gasteiger charge is 2.17. The lowest BCUT2D eigenvalue weighted by Crippen LogP contribution is -2.39. The molecule has 2 aromatic rings. The maximum Gasteiger partial charge on any atom is 0.261 e. The number of thioether (sulfide) groups is 1. The number of carbonyl (C=O) groups excluding carboxylic acids is 1. The van der Waals surface area contributed by atoms with Crippen LogP contribution < -0.4 is 10.1 Å². The van der Waals surface area contributed by atoms with E-state index in [2.05, 4.69) is 43.4 Å². The van der Waals surface area contributed by atoms with Crippen LogP contribution in [0.3, 0.4) is 0 Å². The van der Waals surface area contributed by atoms with Crippen LogP contribution in [0.2, 0.25) is 0 Å². The zero-order valence-electron chi connectivity index (χ0n) is 16.0. The predicted molar refractivity (Wildman–Crippen MR) is 111 cm³/mol. The number of amides is 1. The maximum absolute atomic E-state index is 12.3. The highest BCUT2D eigenvalue weighted by Crippen LogP contribution is 2.16. The van der Waals surface area contributed by atoms with E-state index in [-0.39, 0.29) is 5.91 Å². The molecule has 2 aromatic carbocycles. The molecule has 4 heteroatoms. The van der Waals surface area contributed by atoms with Gasteiger partial charge in [0.2, 0.25) is 0 Å². The van der Waals surface area contributed by atoms with E-state index in [0.29, 0.717) is 13.0 Å². The van der Waals surface area contributed by atoms with Crippen molar-refractivity contribution in [3.8, 4) is 5.75 Å². The van der Waals surface area contributed by atoms with Crippen molar-refractivity contribution in [1.82, 2.24) is 5.32 Å². The molecule has 0 saturated carbocycles. The summed E-state index contributed by atoms with van der Waals surface area (Å²) in [4.78, 5) is 12.3. The van der Waals surface area contributed by atoms with Crippen LogP contribution in [-0.4, -0.2) is 24.3 Å². The fraction of sp³-hybridized carbons (Fsp3) is 0.409. The van der Waals surface area contributed by atoms with E-state index in [1.54, 1.807) is 0 Å². The molecule has 140 valence electrons. The van der Waals surface area contributed by atoms with E-state index >= 15 is 0 Å². The summed E-state index contributed by atoms with van der Waals surface area (Å²) in [6.07, 6.45) is 1.21. The van der Waals surface area contributed by atoms with Crippen LogP contribution in [0.25, 0.3) is 0 Å². The van der Waals surface area contributed by atoms with Crippen molar-refractivity contribution in [3.05, 3.63) is 65.2 Å². The number of aryl methyl sites for hydroxylation is 2. The van der Waals surface area contributed by atoms with Crippen LogP contribution in [-0.2, 0) is 17.0 Å². The van der Waals surface area contributed by atoms with E-state index < -0.39 is 6.10 Å². The Hall–Kier alpha value is -1.94. The molecular weight excluding hydrogens is 342 g/mol. The Bertz CT molecular complexity index is 685. The molecule has 0 fully saturated rings. The molecular formula is C22H29NO2S. The lowest BCUT2D eigenvalue weighted by Gasteiger charge is -2.17. The van der Waals surface area contributed by atoms with Crippen LogP contribution in [0.15, 0.2) is 48.5 Å². The van der Waals surface area contributed by atoms with E-state index in [4.69, 9.17) is 4.74 Å². The van der Waals surface area contributed by atoms with Crippen molar-refractivity contribution in [2.24, 2.45) is 0 Å². The minimum absolute atomic E-state index is 0.0387. The fourth-order valence-electron chi connectivity index (χ4n) is 2.64. The summed E-state index contributed by atoms with van der Waals surface area (Å²) in [6.45, 7) is 6.85. The third-order valence-electron chi connectivity index (χ3n) is 4.17. The number of nitrogens with one attached hydrogen (secondary N) is 1. The third kappa shape index (κ3) is 6.75. The van der Waals surface area contributed by atoms with Crippen LogP contribution in [0.5, 0.6) is 5.75 Å². The van der Waals surface area contributed by atoms with Crippen LogP contribution in [0.4, 0.5) is 0 Å². The number of ether oxygens (including phenoxy) is 1. The normalized spacial score (nSPS) is 11.8. The van der Waals surface area contributed by atoms with Crippen LogP contribution in [0.1, 0.15) is 37.0 Å². The first-order chi connectivity index (χ1) is 12.6. The molecule has 0 aliphatic heterocycles. The Morgan fingerprint density at radius 2 is 1.88 bits per heavy atom. The highest BCUT2D eigenvalue weighted by molar-refractivity contribution is 7.98. The number of carbonyl (C=O) groups is 1. The summed E-state index contributed by atoms with van der Waals surface area (Å²) in [5, 5.41) is 2.99. The number of hydrogen-bond acceptors (Lipinski definition) is 3. The maximum atomic E-state index is 12.3. The van der Waals surface area contributed by atoms with Gasteiger partial charge in [0.1, 0.15) is 5.75 Å². The van der Waals surface area contributed by atoms with Gasteiger partial charge in [-0.05, 0) is 43.0 Å². The zero-order chi connectivity index (χ0) is 18.8. The lowest BCUT2D eigenvalue weighted by molar-refractivity contribution is -0.127. The quantitative estimate of drug-likeness (QED) is 0.612. The molecule has 1 amide bonds. The second-order valence-corrected chi connectivity index (χ2v) is 7.45. The van der Waals surface area contributed by atoms with Gasteiger partial charge in [0, 0.05) is 18.1 Å². The van der Waals surface area contributed by atoms with Gasteiger partial charge in [-0.15, -0.1) is 0 Å². The second kappa shape index (κ2) is 10.9. The number of benzene rings is 2. The molecule has 1 unspecified atom stereocenters. The minimum Gasteiger partial charge on any atom is -0.481 e. The van der Waals surface area contributed by atoms with Gasteiger partial charge in [0.05, 0.1) is 0 Å². The van der Waals surface area contributed by atoms with Crippen molar-refractivity contribution < 1.29 is 9.53 Å². The highest BCUT2D eigenvalue weighted by atomic mass is 32.2. The fourth-order valence-corrected chi connectivity index (χ4v) is 3.45. The molecule has 2 rings (SSSR count). The minimum atomic E-state index is -0.441. The smallest absolute Gasteiger partial charge is 0.261 e. The van der Waals surface area contributed by atoms with Gasteiger partial charge in [-0.2, -0.15) is 11.8 Å². The Labute approximate surface area is 161 Å². The standard InChI is InChI=1S/C22H29NO2S/c1-4-18-9-11-20(12-10-18)25-21(5-2)22(24)23-13-14-26-16-19-8-6-7-17(3)15-19/h6-12,15,21H,4-5,13-14,16H2,1-3H3,(H,23,24). The van der Waals surface area contributed by atoms with E-state index in [0.717, 1.165) is 23.7 Å². The number of hydrogen-bond donors (Lipinski definition) is 1. The summed E-state index contributed by atoms with van der Waals surface area (Å²) in [5.74, 6) is 2.57. The van der Waals surface area contributed by atoms with Crippen LogP contribution in [0, 0.1) is 6.92 Å². The summed E-state index contributed by atoms with van der Waals surface area (Å²) >= 11 is 1.83. The molecule has 0 aromatic heterocycles. The molecule has 0 saturated heterocycles. The van der Waals surface area contributed by atoms with Crippen molar-refractivity contribution in [3.63, 3.8) is 0 Å². The summed E-state index contributed by atoms with van der Waals surface area (Å²) < 4.78 is 5.85. The van der Waals surface area contributed by atoms with Gasteiger partial charge in [0.15, 0.2) is 6.10 Å². The largest absolute Gasteiger partial charge is 0.481 e. The van der Waals surface area contributed by atoms with E-state index in [1.807, 2.05) is 43.0 Å². The topological polar surface area (TPSA) is 38.3 Å². The zero-order valence-corrected chi connectivity index (χ0v) is 16.8. The summed E-state index contributed by atoms with van der Waals surface area (Å²) in [6, 6.07) is 16.5. The molecule has 0 radical (unpaired) electrons. The van der Waals surface area contributed by atoms with Gasteiger partial charge < -0.3 is 10.1 Å². The van der Waals surface area contributed by atoms with E-state index in [1.165, 1.54) is 16.7 Å². The van der Waals surface area contributed by atoms with Gasteiger partial charge >= 0.3 is 0 Å². The monoisotopic (exact) mass is 371 g/mol. The van der Waals surface area contributed by atoms with Gasteiger partial charge in [-0.25, -0.2) is 0 Å².